The van der Waals surface area contributed by atoms with Crippen molar-refractivity contribution in [1.29, 1.82) is 0 Å². The van der Waals surface area contributed by atoms with Crippen LogP contribution in [0.25, 0.3) is 11.5 Å². The number of furan rings is 1. The highest BCUT2D eigenvalue weighted by Gasteiger charge is 2.25. The number of carbonyl (C=O) groups is 1. The molecule has 1 N–H and O–H groups in total. The number of nitrogens with zero attached hydrogens (tertiary/aromatic N) is 2. The van der Waals surface area contributed by atoms with Crippen LogP contribution in [0.2, 0.25) is 0 Å². The van der Waals surface area contributed by atoms with Crippen LogP contribution in [0.15, 0.2) is 50.7 Å². The number of rotatable bonds is 5. The lowest BCUT2D eigenvalue weighted by Crippen LogP contribution is -2.35. The average molecular weight is 383 g/mol. The third-order valence-corrected chi connectivity index (χ3v) is 5.76. The Labute approximate surface area is 161 Å². The number of carbonyl (C=O) groups excluding carboxylic acids is 1. The van der Waals surface area contributed by atoms with Gasteiger partial charge >= 0.3 is 0 Å². The zero-order chi connectivity index (χ0) is 18.8. The number of thioether (sulfide) groups is 1. The van der Waals surface area contributed by atoms with Crippen molar-refractivity contribution in [2.24, 2.45) is 0 Å². The first-order valence-corrected chi connectivity index (χ1v) is 9.92. The van der Waals surface area contributed by atoms with Gasteiger partial charge in [-0.05, 0) is 50.3 Å². The van der Waals surface area contributed by atoms with Crippen LogP contribution in [-0.4, -0.2) is 21.4 Å². The Balaban J connectivity index is 1.41. The molecule has 6 nitrogen and oxygen atoms in total. The molecule has 1 aliphatic carbocycles. The molecule has 0 saturated heterocycles. The van der Waals surface area contributed by atoms with Gasteiger partial charge in [-0.25, -0.2) is 0 Å². The van der Waals surface area contributed by atoms with E-state index < -0.39 is 0 Å². The first kappa shape index (κ1) is 17.9. The molecule has 1 aliphatic rings. The summed E-state index contributed by atoms with van der Waals surface area (Å²) in [6.07, 6.45) is 4.70. The summed E-state index contributed by atoms with van der Waals surface area (Å²) < 4.78 is 10.9. The first-order chi connectivity index (χ1) is 13.1. The van der Waals surface area contributed by atoms with Gasteiger partial charge in [0.15, 0.2) is 0 Å². The van der Waals surface area contributed by atoms with E-state index in [0.717, 1.165) is 30.6 Å². The molecular weight excluding hydrogens is 362 g/mol. The molecule has 0 fully saturated rings. The van der Waals surface area contributed by atoms with E-state index in [2.05, 4.69) is 33.7 Å². The highest BCUT2D eigenvalue weighted by molar-refractivity contribution is 8.00. The van der Waals surface area contributed by atoms with Crippen LogP contribution in [0.3, 0.4) is 0 Å². The number of aromatic nitrogens is 2. The molecule has 0 aliphatic heterocycles. The molecule has 4 rings (SSSR count). The topological polar surface area (TPSA) is 81.2 Å². The maximum Gasteiger partial charge on any atom is 0.277 e. The predicted molar refractivity (Wildman–Crippen MR) is 102 cm³/mol. The summed E-state index contributed by atoms with van der Waals surface area (Å²) in [5.74, 6) is 1.09. The van der Waals surface area contributed by atoms with Gasteiger partial charge in [0.25, 0.3) is 11.1 Å². The second-order valence-corrected chi connectivity index (χ2v) is 7.97. The van der Waals surface area contributed by atoms with Crippen molar-refractivity contribution >= 4 is 17.7 Å². The van der Waals surface area contributed by atoms with Crippen molar-refractivity contribution in [3.8, 4) is 11.5 Å². The first-order valence-electron chi connectivity index (χ1n) is 9.04. The molecule has 3 aromatic rings. The van der Waals surface area contributed by atoms with Gasteiger partial charge in [0.05, 0.1) is 23.1 Å². The molecule has 1 aromatic carbocycles. The molecule has 0 unspecified atom stereocenters. The Hall–Kier alpha value is -2.54. The summed E-state index contributed by atoms with van der Waals surface area (Å²) in [6.45, 7) is 3.69. The molecule has 140 valence electrons. The summed E-state index contributed by atoms with van der Waals surface area (Å²) in [5.41, 5.74) is 3.32. The lowest BCUT2D eigenvalue weighted by atomic mass is 9.88. The fraction of sp³-hybridized carbons (Fsp3) is 0.350. The van der Waals surface area contributed by atoms with Crippen molar-refractivity contribution in [2.45, 2.75) is 49.6 Å². The van der Waals surface area contributed by atoms with Crippen molar-refractivity contribution in [2.75, 3.05) is 0 Å². The van der Waals surface area contributed by atoms with Crippen molar-refractivity contribution in [3.05, 3.63) is 53.5 Å². The fourth-order valence-corrected chi connectivity index (χ4v) is 4.06. The molecule has 1 amide bonds. The minimum absolute atomic E-state index is 0.0269. The van der Waals surface area contributed by atoms with Crippen LogP contribution in [0, 0.1) is 6.92 Å². The Kier molecular flexibility index (Phi) is 5.03. The standard InChI is InChI=1S/C20H21N3O3S/c1-12-15(10-11-25-12)19-22-23-20(26-19)27-13(2)18(24)21-17-9-5-7-14-6-3-4-8-16(14)17/h3-4,6,8,10-11,13,17H,5,7,9H2,1-2H3,(H,21,24)/t13-,17+/m1/s1. The van der Waals surface area contributed by atoms with E-state index in [0.29, 0.717) is 11.1 Å². The molecule has 0 saturated carbocycles. The van der Waals surface area contributed by atoms with E-state index in [9.17, 15) is 4.79 Å². The number of fused-ring (bicyclic) bond motifs is 1. The van der Waals surface area contributed by atoms with Gasteiger partial charge in [-0.15, -0.1) is 10.2 Å². The van der Waals surface area contributed by atoms with Gasteiger partial charge in [-0.3, -0.25) is 4.79 Å². The van der Waals surface area contributed by atoms with Gasteiger partial charge in [0.2, 0.25) is 5.91 Å². The van der Waals surface area contributed by atoms with E-state index in [1.807, 2.05) is 19.9 Å². The van der Waals surface area contributed by atoms with E-state index in [1.54, 1.807) is 12.3 Å². The second-order valence-electron chi connectivity index (χ2n) is 6.68. The van der Waals surface area contributed by atoms with Crippen molar-refractivity contribution < 1.29 is 13.6 Å². The van der Waals surface area contributed by atoms with Gasteiger partial charge in [0, 0.05) is 0 Å². The molecule has 0 spiro atoms. The fourth-order valence-electron chi connectivity index (χ4n) is 3.37. The van der Waals surface area contributed by atoms with Crippen LogP contribution in [-0.2, 0) is 11.2 Å². The Morgan fingerprint density at radius 2 is 2.15 bits per heavy atom. The predicted octanol–water partition coefficient (Wildman–Crippen LogP) is 4.31. The number of amides is 1. The van der Waals surface area contributed by atoms with Crippen LogP contribution in [0.5, 0.6) is 0 Å². The zero-order valence-electron chi connectivity index (χ0n) is 15.3. The summed E-state index contributed by atoms with van der Waals surface area (Å²) >= 11 is 1.26. The molecule has 0 bridgehead atoms. The molecule has 2 aromatic heterocycles. The summed E-state index contributed by atoms with van der Waals surface area (Å²) in [4.78, 5) is 12.7. The number of benzene rings is 1. The monoisotopic (exact) mass is 383 g/mol. The van der Waals surface area contributed by atoms with E-state index in [1.165, 1.54) is 22.9 Å². The quantitative estimate of drug-likeness (QED) is 0.661. The largest absolute Gasteiger partial charge is 0.469 e. The highest BCUT2D eigenvalue weighted by atomic mass is 32.2. The molecule has 2 atom stereocenters. The van der Waals surface area contributed by atoms with E-state index in [-0.39, 0.29) is 17.2 Å². The number of aryl methyl sites for hydroxylation is 2. The van der Waals surface area contributed by atoms with E-state index in [4.69, 9.17) is 8.83 Å². The van der Waals surface area contributed by atoms with E-state index >= 15 is 0 Å². The smallest absolute Gasteiger partial charge is 0.277 e. The lowest BCUT2D eigenvalue weighted by molar-refractivity contribution is -0.121. The maximum absolute atomic E-state index is 12.7. The van der Waals surface area contributed by atoms with Gasteiger partial charge in [0.1, 0.15) is 5.76 Å². The van der Waals surface area contributed by atoms with Gasteiger partial charge in [-0.1, -0.05) is 36.0 Å². The number of hydrogen-bond acceptors (Lipinski definition) is 6. The van der Waals surface area contributed by atoms with Crippen molar-refractivity contribution in [1.82, 2.24) is 15.5 Å². The molecule has 2 heterocycles. The summed E-state index contributed by atoms with van der Waals surface area (Å²) in [5, 5.41) is 11.3. The molecule has 7 heteroatoms. The number of nitrogens with one attached hydrogen (secondary N) is 1. The Morgan fingerprint density at radius 1 is 1.30 bits per heavy atom. The molecular formula is C20H21N3O3S. The van der Waals surface area contributed by atoms with Gasteiger partial charge < -0.3 is 14.2 Å². The minimum atomic E-state index is -0.335. The minimum Gasteiger partial charge on any atom is -0.469 e. The summed E-state index contributed by atoms with van der Waals surface area (Å²) in [6, 6.07) is 10.2. The number of hydrogen-bond donors (Lipinski definition) is 1. The Morgan fingerprint density at radius 3 is 2.96 bits per heavy atom. The van der Waals surface area contributed by atoms with Crippen molar-refractivity contribution in [3.63, 3.8) is 0 Å². The molecule has 27 heavy (non-hydrogen) atoms. The zero-order valence-corrected chi connectivity index (χ0v) is 16.1. The van der Waals surface area contributed by atoms with Crippen LogP contribution in [0.1, 0.15) is 42.7 Å². The van der Waals surface area contributed by atoms with Crippen LogP contribution < -0.4 is 5.32 Å². The van der Waals surface area contributed by atoms with Crippen LogP contribution >= 0.6 is 11.8 Å². The normalized spacial score (nSPS) is 17.3. The third-order valence-electron chi connectivity index (χ3n) is 4.83. The summed E-state index contributed by atoms with van der Waals surface area (Å²) in [7, 11) is 0. The van der Waals surface area contributed by atoms with Gasteiger partial charge in [-0.2, -0.15) is 0 Å². The van der Waals surface area contributed by atoms with Crippen LogP contribution in [0.4, 0.5) is 0 Å². The Bertz CT molecular complexity index is 949. The molecule has 0 radical (unpaired) electrons. The SMILES string of the molecule is Cc1occc1-c1nnc(S[C@H](C)C(=O)N[C@H]2CCCc3ccccc32)o1. The maximum atomic E-state index is 12.7. The second kappa shape index (κ2) is 7.60. The highest BCUT2D eigenvalue weighted by Crippen LogP contribution is 2.31. The third kappa shape index (κ3) is 3.78. The lowest BCUT2D eigenvalue weighted by Gasteiger charge is -2.27. The average Bonchev–Trinajstić information content (AvgIpc) is 3.30.